The van der Waals surface area contributed by atoms with E-state index in [0.29, 0.717) is 13.1 Å². The summed E-state index contributed by atoms with van der Waals surface area (Å²) in [6, 6.07) is 10.3. The molecular weight excluding hydrogens is 298 g/mol. The maximum absolute atomic E-state index is 12.2. The van der Waals surface area contributed by atoms with E-state index in [1.54, 1.807) is 0 Å². The van der Waals surface area contributed by atoms with Crippen LogP contribution in [0.2, 0.25) is 0 Å². The van der Waals surface area contributed by atoms with Crippen LogP contribution in [0.1, 0.15) is 30.7 Å². The number of amides is 1. The molecule has 3 rings (SSSR count). The van der Waals surface area contributed by atoms with Crippen LogP contribution in [0.15, 0.2) is 42.5 Å². The van der Waals surface area contributed by atoms with E-state index in [9.17, 15) is 4.79 Å². The van der Waals surface area contributed by atoms with Crippen LogP contribution in [0, 0.1) is 19.8 Å². The van der Waals surface area contributed by atoms with Crippen LogP contribution in [-0.4, -0.2) is 22.2 Å². The van der Waals surface area contributed by atoms with Gasteiger partial charge in [-0.15, -0.1) is 0 Å². The Morgan fingerprint density at radius 2 is 2.04 bits per heavy atom. The van der Waals surface area contributed by atoms with Gasteiger partial charge in [0, 0.05) is 23.7 Å². The SMILES string of the molecule is Cc1nn(CCNC(=O)C2CC=CCC2)c(C)c1-c1ccccc1. The lowest BCUT2D eigenvalue weighted by Gasteiger charge is -2.17. The molecule has 2 aromatic rings. The minimum Gasteiger partial charge on any atom is -0.354 e. The van der Waals surface area contributed by atoms with Gasteiger partial charge in [0.25, 0.3) is 0 Å². The molecule has 4 nitrogen and oxygen atoms in total. The van der Waals surface area contributed by atoms with Gasteiger partial charge in [-0.3, -0.25) is 9.48 Å². The van der Waals surface area contributed by atoms with Crippen molar-refractivity contribution in [2.45, 2.75) is 39.7 Å². The highest BCUT2D eigenvalue weighted by molar-refractivity contribution is 5.78. The first-order valence-electron chi connectivity index (χ1n) is 8.69. The number of allylic oxidation sites excluding steroid dienone is 2. The predicted molar refractivity (Wildman–Crippen MR) is 96.6 cm³/mol. The number of hydrogen-bond acceptors (Lipinski definition) is 2. The summed E-state index contributed by atoms with van der Waals surface area (Å²) in [4.78, 5) is 12.2. The first-order chi connectivity index (χ1) is 11.7. The summed E-state index contributed by atoms with van der Waals surface area (Å²) in [5.41, 5.74) is 4.56. The molecule has 0 spiro atoms. The van der Waals surface area contributed by atoms with Crippen LogP contribution >= 0.6 is 0 Å². The number of nitrogens with zero attached hydrogens (tertiary/aromatic N) is 2. The maximum atomic E-state index is 12.2. The van der Waals surface area contributed by atoms with Gasteiger partial charge in [0.05, 0.1) is 12.2 Å². The third-order valence-electron chi connectivity index (χ3n) is 4.71. The molecular formula is C20H25N3O. The average Bonchev–Trinajstić information content (AvgIpc) is 2.90. The first kappa shape index (κ1) is 16.5. The van der Waals surface area contributed by atoms with E-state index in [-0.39, 0.29) is 11.8 Å². The molecule has 1 aliphatic carbocycles. The number of nitrogens with one attached hydrogen (secondary N) is 1. The Labute approximate surface area is 143 Å². The van der Waals surface area contributed by atoms with Gasteiger partial charge in [-0.05, 0) is 38.7 Å². The number of benzene rings is 1. The molecule has 126 valence electrons. The van der Waals surface area contributed by atoms with Gasteiger partial charge in [0.2, 0.25) is 5.91 Å². The molecule has 0 saturated carbocycles. The van der Waals surface area contributed by atoms with Crippen molar-refractivity contribution in [3.8, 4) is 11.1 Å². The average molecular weight is 323 g/mol. The molecule has 1 atom stereocenters. The van der Waals surface area contributed by atoms with Crippen LogP contribution in [0.3, 0.4) is 0 Å². The number of rotatable bonds is 5. The van der Waals surface area contributed by atoms with Crippen molar-refractivity contribution < 1.29 is 4.79 Å². The van der Waals surface area contributed by atoms with Crippen molar-refractivity contribution in [2.24, 2.45) is 5.92 Å². The second-order valence-corrected chi connectivity index (χ2v) is 6.41. The van der Waals surface area contributed by atoms with E-state index >= 15 is 0 Å². The lowest BCUT2D eigenvalue weighted by molar-refractivity contribution is -0.125. The van der Waals surface area contributed by atoms with Crippen molar-refractivity contribution >= 4 is 5.91 Å². The lowest BCUT2D eigenvalue weighted by Crippen LogP contribution is -2.33. The van der Waals surface area contributed by atoms with E-state index in [1.165, 1.54) is 11.1 Å². The van der Waals surface area contributed by atoms with E-state index in [1.807, 2.05) is 29.8 Å². The summed E-state index contributed by atoms with van der Waals surface area (Å²) >= 11 is 0. The summed E-state index contributed by atoms with van der Waals surface area (Å²) in [6.45, 7) is 5.46. The molecule has 0 fully saturated rings. The number of hydrogen-bond donors (Lipinski definition) is 1. The van der Waals surface area contributed by atoms with Crippen molar-refractivity contribution in [2.75, 3.05) is 6.54 Å². The molecule has 1 aliphatic rings. The van der Waals surface area contributed by atoms with Gasteiger partial charge in [-0.2, -0.15) is 5.10 Å². The van der Waals surface area contributed by atoms with Gasteiger partial charge < -0.3 is 5.32 Å². The largest absolute Gasteiger partial charge is 0.354 e. The zero-order chi connectivity index (χ0) is 16.9. The minimum atomic E-state index is 0.135. The Bertz CT molecular complexity index is 731. The highest BCUT2D eigenvalue weighted by Gasteiger charge is 2.18. The molecule has 0 bridgehead atoms. The topological polar surface area (TPSA) is 46.9 Å². The van der Waals surface area contributed by atoms with Crippen molar-refractivity contribution in [1.82, 2.24) is 15.1 Å². The second-order valence-electron chi connectivity index (χ2n) is 6.41. The number of carbonyl (C=O) groups is 1. The molecule has 0 saturated heterocycles. The molecule has 1 aromatic carbocycles. The molecule has 1 N–H and O–H groups in total. The summed E-state index contributed by atoms with van der Waals surface area (Å²) < 4.78 is 2.00. The van der Waals surface area contributed by atoms with Crippen LogP contribution in [0.25, 0.3) is 11.1 Å². The predicted octanol–water partition coefficient (Wildman–Crippen LogP) is 3.64. The fraction of sp³-hybridized carbons (Fsp3) is 0.400. The first-order valence-corrected chi connectivity index (χ1v) is 8.69. The Kier molecular flexibility index (Phi) is 5.14. The van der Waals surface area contributed by atoms with Crippen LogP contribution in [0.4, 0.5) is 0 Å². The van der Waals surface area contributed by atoms with E-state index in [4.69, 9.17) is 0 Å². The third kappa shape index (κ3) is 3.58. The van der Waals surface area contributed by atoms with Gasteiger partial charge >= 0.3 is 0 Å². The van der Waals surface area contributed by atoms with Crippen molar-refractivity contribution in [3.05, 3.63) is 53.9 Å². The van der Waals surface area contributed by atoms with E-state index < -0.39 is 0 Å². The monoisotopic (exact) mass is 323 g/mol. The van der Waals surface area contributed by atoms with Crippen molar-refractivity contribution in [3.63, 3.8) is 0 Å². The zero-order valence-electron chi connectivity index (χ0n) is 14.5. The quantitative estimate of drug-likeness (QED) is 0.854. The van der Waals surface area contributed by atoms with Crippen LogP contribution in [0.5, 0.6) is 0 Å². The number of aromatic nitrogens is 2. The summed E-state index contributed by atoms with van der Waals surface area (Å²) in [6.07, 6.45) is 7.10. The number of aryl methyl sites for hydroxylation is 1. The summed E-state index contributed by atoms with van der Waals surface area (Å²) in [5.74, 6) is 0.305. The Balaban J connectivity index is 1.62. The molecule has 0 aliphatic heterocycles. The smallest absolute Gasteiger partial charge is 0.223 e. The minimum absolute atomic E-state index is 0.135. The highest BCUT2D eigenvalue weighted by Crippen LogP contribution is 2.26. The van der Waals surface area contributed by atoms with E-state index in [0.717, 1.165) is 30.7 Å². The van der Waals surface area contributed by atoms with Crippen LogP contribution in [-0.2, 0) is 11.3 Å². The van der Waals surface area contributed by atoms with Gasteiger partial charge in [0.1, 0.15) is 0 Å². The fourth-order valence-corrected chi connectivity index (χ4v) is 3.40. The lowest BCUT2D eigenvalue weighted by atomic mass is 9.94. The highest BCUT2D eigenvalue weighted by atomic mass is 16.1. The third-order valence-corrected chi connectivity index (χ3v) is 4.71. The zero-order valence-corrected chi connectivity index (χ0v) is 14.5. The molecule has 24 heavy (non-hydrogen) atoms. The maximum Gasteiger partial charge on any atom is 0.223 e. The Morgan fingerprint density at radius 3 is 2.75 bits per heavy atom. The van der Waals surface area contributed by atoms with Crippen molar-refractivity contribution in [1.29, 1.82) is 0 Å². The van der Waals surface area contributed by atoms with Crippen LogP contribution < -0.4 is 5.32 Å². The van der Waals surface area contributed by atoms with E-state index in [2.05, 4.69) is 41.6 Å². The molecule has 1 aromatic heterocycles. The summed E-state index contributed by atoms with van der Waals surface area (Å²) in [7, 11) is 0. The standard InChI is InChI=1S/C20H25N3O/c1-15-19(17-9-5-3-6-10-17)16(2)23(22-15)14-13-21-20(24)18-11-7-4-8-12-18/h3-7,9-10,18H,8,11-14H2,1-2H3,(H,21,24). The molecule has 1 unspecified atom stereocenters. The molecule has 1 heterocycles. The van der Waals surface area contributed by atoms with Gasteiger partial charge in [-0.1, -0.05) is 42.5 Å². The van der Waals surface area contributed by atoms with Gasteiger partial charge in [-0.25, -0.2) is 0 Å². The van der Waals surface area contributed by atoms with Gasteiger partial charge in [0.15, 0.2) is 0 Å². The Morgan fingerprint density at radius 1 is 1.25 bits per heavy atom. The normalized spacial score (nSPS) is 17.0. The molecule has 0 radical (unpaired) electrons. The second kappa shape index (κ2) is 7.47. The molecule has 1 amide bonds. The fourth-order valence-electron chi connectivity index (χ4n) is 3.40. The number of carbonyl (C=O) groups excluding carboxylic acids is 1. The molecule has 4 heteroatoms. The Hall–Kier alpha value is -2.36. The summed E-state index contributed by atoms with van der Waals surface area (Å²) in [5, 5.41) is 7.71.